The van der Waals surface area contributed by atoms with Crippen molar-refractivity contribution in [2.75, 3.05) is 6.54 Å². The highest BCUT2D eigenvalue weighted by atomic mass is 32.2. The lowest BCUT2D eigenvalue weighted by molar-refractivity contribution is -0.143. The second kappa shape index (κ2) is 6.89. The van der Waals surface area contributed by atoms with Crippen LogP contribution in [-0.4, -0.2) is 31.3 Å². The molecule has 0 aromatic heterocycles. The number of carboxylic acids is 1. The molecule has 6 heteroatoms. The normalized spacial score (nSPS) is 29.2. The molecule has 2 fully saturated rings. The molecule has 116 valence electrons. The van der Waals surface area contributed by atoms with Crippen molar-refractivity contribution in [3.63, 3.8) is 0 Å². The summed E-state index contributed by atoms with van der Waals surface area (Å²) in [4.78, 5) is 10.9. The van der Waals surface area contributed by atoms with Crippen molar-refractivity contribution >= 4 is 16.0 Å². The van der Waals surface area contributed by atoms with Crippen LogP contribution in [0.2, 0.25) is 0 Å². The number of carboxylic acid groups (broad SMARTS) is 1. The van der Waals surface area contributed by atoms with Gasteiger partial charge in [0.2, 0.25) is 10.0 Å². The number of nitrogens with one attached hydrogen (secondary N) is 1. The first-order chi connectivity index (χ1) is 9.49. The summed E-state index contributed by atoms with van der Waals surface area (Å²) in [7, 11) is -3.18. The van der Waals surface area contributed by atoms with E-state index in [2.05, 4.69) is 4.72 Å². The van der Waals surface area contributed by atoms with E-state index in [0.717, 1.165) is 44.9 Å². The number of sulfonamides is 1. The SMILES string of the molecule is O=C(O)C1CCC(CNS(=O)(=O)C2CCCCC2)CC1. The van der Waals surface area contributed by atoms with Crippen LogP contribution in [-0.2, 0) is 14.8 Å². The molecule has 2 N–H and O–H groups in total. The molecule has 20 heavy (non-hydrogen) atoms. The second-order valence-electron chi connectivity index (χ2n) is 6.21. The Balaban J connectivity index is 1.76. The molecular formula is C14H25NO4S. The van der Waals surface area contributed by atoms with Crippen LogP contribution in [0.3, 0.4) is 0 Å². The Morgan fingerprint density at radius 2 is 1.60 bits per heavy atom. The molecule has 0 aliphatic heterocycles. The summed E-state index contributed by atoms with van der Waals surface area (Å²) >= 11 is 0. The predicted molar refractivity (Wildman–Crippen MR) is 76.9 cm³/mol. The number of hydrogen-bond donors (Lipinski definition) is 2. The van der Waals surface area contributed by atoms with Crippen LogP contribution in [0.25, 0.3) is 0 Å². The van der Waals surface area contributed by atoms with Gasteiger partial charge in [0.1, 0.15) is 0 Å². The molecular weight excluding hydrogens is 278 g/mol. The Hall–Kier alpha value is -0.620. The molecule has 0 radical (unpaired) electrons. The summed E-state index contributed by atoms with van der Waals surface area (Å²) in [6.45, 7) is 0.477. The number of hydrogen-bond acceptors (Lipinski definition) is 3. The molecule has 0 spiro atoms. The van der Waals surface area contributed by atoms with Crippen LogP contribution in [0.1, 0.15) is 57.8 Å². The van der Waals surface area contributed by atoms with E-state index in [4.69, 9.17) is 5.11 Å². The molecule has 0 saturated heterocycles. The Kier molecular flexibility index (Phi) is 5.43. The number of carbonyl (C=O) groups is 1. The van der Waals surface area contributed by atoms with Gasteiger partial charge in [-0.3, -0.25) is 4.79 Å². The molecule has 2 aliphatic rings. The molecule has 0 aromatic rings. The molecule has 2 saturated carbocycles. The van der Waals surface area contributed by atoms with Gasteiger partial charge in [0.15, 0.2) is 0 Å². The minimum absolute atomic E-state index is 0.216. The third kappa shape index (κ3) is 4.19. The molecule has 0 amide bonds. The lowest BCUT2D eigenvalue weighted by atomic mass is 9.82. The van der Waals surface area contributed by atoms with E-state index in [1.807, 2.05) is 0 Å². The quantitative estimate of drug-likeness (QED) is 0.815. The maximum atomic E-state index is 12.2. The largest absolute Gasteiger partial charge is 0.481 e. The Labute approximate surface area is 121 Å². The topological polar surface area (TPSA) is 83.5 Å². The zero-order valence-electron chi connectivity index (χ0n) is 11.9. The summed E-state index contributed by atoms with van der Waals surface area (Å²) in [5, 5.41) is 8.73. The Bertz CT molecular complexity index is 420. The first kappa shape index (κ1) is 15.8. The van der Waals surface area contributed by atoms with Crippen LogP contribution in [0.4, 0.5) is 0 Å². The third-order valence-corrected chi connectivity index (χ3v) is 6.68. The molecule has 0 atom stereocenters. The van der Waals surface area contributed by atoms with Gasteiger partial charge >= 0.3 is 5.97 Å². The van der Waals surface area contributed by atoms with E-state index in [1.165, 1.54) is 0 Å². The van der Waals surface area contributed by atoms with Crippen molar-refractivity contribution < 1.29 is 18.3 Å². The van der Waals surface area contributed by atoms with Crippen molar-refractivity contribution in [2.24, 2.45) is 11.8 Å². The number of rotatable bonds is 5. The minimum atomic E-state index is -3.18. The average Bonchev–Trinajstić information content (AvgIpc) is 2.46. The standard InChI is InChI=1S/C14H25NO4S/c16-14(17)12-8-6-11(7-9-12)10-15-20(18,19)13-4-2-1-3-5-13/h11-13,15H,1-10H2,(H,16,17). The van der Waals surface area contributed by atoms with Crippen molar-refractivity contribution in [3.8, 4) is 0 Å². The fourth-order valence-corrected chi connectivity index (χ4v) is 5.00. The van der Waals surface area contributed by atoms with E-state index in [1.54, 1.807) is 0 Å². The fourth-order valence-electron chi connectivity index (χ4n) is 3.34. The average molecular weight is 303 g/mol. The van der Waals surface area contributed by atoms with Gasteiger partial charge in [-0.25, -0.2) is 13.1 Å². The van der Waals surface area contributed by atoms with Gasteiger partial charge in [-0.15, -0.1) is 0 Å². The Morgan fingerprint density at radius 1 is 1.00 bits per heavy atom. The van der Waals surface area contributed by atoms with Gasteiger partial charge in [-0.2, -0.15) is 0 Å². The molecule has 5 nitrogen and oxygen atoms in total. The molecule has 0 bridgehead atoms. The molecule has 0 heterocycles. The highest BCUT2D eigenvalue weighted by Crippen LogP contribution is 2.29. The van der Waals surface area contributed by atoms with Gasteiger partial charge in [0, 0.05) is 6.54 Å². The van der Waals surface area contributed by atoms with Gasteiger partial charge in [-0.1, -0.05) is 19.3 Å². The zero-order valence-corrected chi connectivity index (χ0v) is 12.7. The van der Waals surface area contributed by atoms with E-state index >= 15 is 0 Å². The predicted octanol–water partition coefficient (Wildman–Crippen LogP) is 2.13. The van der Waals surface area contributed by atoms with Crippen LogP contribution in [0, 0.1) is 11.8 Å². The summed E-state index contributed by atoms with van der Waals surface area (Å²) in [6, 6.07) is 0. The lowest BCUT2D eigenvalue weighted by Gasteiger charge is -2.27. The summed E-state index contributed by atoms with van der Waals surface area (Å²) < 4.78 is 27.2. The summed E-state index contributed by atoms with van der Waals surface area (Å²) in [5.74, 6) is -0.656. The molecule has 0 aromatic carbocycles. The maximum absolute atomic E-state index is 12.2. The van der Waals surface area contributed by atoms with E-state index in [9.17, 15) is 13.2 Å². The smallest absolute Gasteiger partial charge is 0.306 e. The molecule has 2 aliphatic carbocycles. The second-order valence-corrected chi connectivity index (χ2v) is 8.25. The zero-order chi connectivity index (χ0) is 14.6. The third-order valence-electron chi connectivity index (χ3n) is 4.76. The fraction of sp³-hybridized carbons (Fsp3) is 0.929. The van der Waals surface area contributed by atoms with Gasteiger partial charge in [0.25, 0.3) is 0 Å². The highest BCUT2D eigenvalue weighted by molar-refractivity contribution is 7.90. The number of aliphatic carboxylic acids is 1. The molecule has 0 unspecified atom stereocenters. The first-order valence-corrected chi connectivity index (χ1v) is 9.25. The van der Waals surface area contributed by atoms with E-state index in [0.29, 0.717) is 25.3 Å². The van der Waals surface area contributed by atoms with Crippen molar-refractivity contribution in [2.45, 2.75) is 63.0 Å². The van der Waals surface area contributed by atoms with E-state index < -0.39 is 16.0 Å². The van der Waals surface area contributed by atoms with Crippen LogP contribution in [0.15, 0.2) is 0 Å². The van der Waals surface area contributed by atoms with E-state index in [-0.39, 0.29) is 11.2 Å². The summed E-state index contributed by atoms with van der Waals surface area (Å²) in [5.41, 5.74) is 0. The van der Waals surface area contributed by atoms with Crippen molar-refractivity contribution in [1.29, 1.82) is 0 Å². The first-order valence-electron chi connectivity index (χ1n) is 7.70. The monoisotopic (exact) mass is 303 g/mol. The van der Waals surface area contributed by atoms with Crippen LogP contribution < -0.4 is 4.72 Å². The highest BCUT2D eigenvalue weighted by Gasteiger charge is 2.30. The van der Waals surface area contributed by atoms with Gasteiger partial charge in [-0.05, 0) is 44.4 Å². The van der Waals surface area contributed by atoms with Crippen molar-refractivity contribution in [1.82, 2.24) is 4.72 Å². The van der Waals surface area contributed by atoms with Gasteiger partial charge < -0.3 is 5.11 Å². The van der Waals surface area contributed by atoms with Crippen LogP contribution >= 0.6 is 0 Å². The minimum Gasteiger partial charge on any atom is -0.481 e. The van der Waals surface area contributed by atoms with Gasteiger partial charge in [0.05, 0.1) is 11.2 Å². The summed E-state index contributed by atoms with van der Waals surface area (Å²) in [6.07, 6.45) is 7.68. The molecule has 2 rings (SSSR count). The van der Waals surface area contributed by atoms with Crippen LogP contribution in [0.5, 0.6) is 0 Å². The maximum Gasteiger partial charge on any atom is 0.306 e. The lowest BCUT2D eigenvalue weighted by Crippen LogP contribution is -2.39. The Morgan fingerprint density at radius 3 is 2.15 bits per heavy atom. The van der Waals surface area contributed by atoms with Crippen molar-refractivity contribution in [3.05, 3.63) is 0 Å².